The molecule has 0 spiro atoms. The van der Waals surface area contributed by atoms with Crippen LogP contribution in [-0.2, 0) is 9.59 Å². The Morgan fingerprint density at radius 3 is 2.06 bits per heavy atom. The monoisotopic (exact) mass is 442 g/mol. The molecule has 5 nitrogen and oxygen atoms in total. The molecule has 5 heteroatoms. The Morgan fingerprint density at radius 2 is 1.52 bits per heavy atom. The molecule has 0 aromatic heterocycles. The molecule has 3 aromatic carbocycles. The molecule has 0 radical (unpaired) electrons. The van der Waals surface area contributed by atoms with Gasteiger partial charge in [-0.2, -0.15) is 0 Å². The minimum Gasteiger partial charge on any atom is -0.491 e. The average Bonchev–Trinajstić information content (AvgIpc) is 3.22. The molecule has 3 aromatic rings. The fourth-order valence-corrected chi connectivity index (χ4v) is 4.26. The number of rotatable bonds is 8. The fourth-order valence-electron chi connectivity index (χ4n) is 4.26. The van der Waals surface area contributed by atoms with Gasteiger partial charge < -0.3 is 15.0 Å². The zero-order valence-corrected chi connectivity index (χ0v) is 19.1. The van der Waals surface area contributed by atoms with E-state index >= 15 is 0 Å². The number of nitrogens with zero attached hydrogens (tertiary/aromatic N) is 1. The van der Waals surface area contributed by atoms with Gasteiger partial charge in [0.15, 0.2) is 0 Å². The fraction of sp³-hybridized carbons (Fsp3) is 0.286. The van der Waals surface area contributed by atoms with Gasteiger partial charge in [-0.3, -0.25) is 9.59 Å². The number of hydrogen-bond acceptors (Lipinski definition) is 3. The van der Waals surface area contributed by atoms with Gasteiger partial charge in [0.1, 0.15) is 5.75 Å². The van der Waals surface area contributed by atoms with Gasteiger partial charge in [-0.15, -0.1) is 0 Å². The predicted octanol–water partition coefficient (Wildman–Crippen LogP) is 4.78. The van der Waals surface area contributed by atoms with E-state index in [1.807, 2.05) is 74.5 Å². The van der Waals surface area contributed by atoms with Gasteiger partial charge in [0.2, 0.25) is 11.8 Å². The van der Waals surface area contributed by atoms with Gasteiger partial charge in [0.05, 0.1) is 12.0 Å². The van der Waals surface area contributed by atoms with E-state index in [9.17, 15) is 9.59 Å². The van der Waals surface area contributed by atoms with E-state index in [4.69, 9.17) is 4.74 Å². The molecule has 1 aliphatic rings. The van der Waals surface area contributed by atoms with Crippen molar-refractivity contribution in [2.75, 3.05) is 18.0 Å². The van der Waals surface area contributed by atoms with E-state index in [0.29, 0.717) is 13.1 Å². The van der Waals surface area contributed by atoms with E-state index in [2.05, 4.69) is 29.6 Å². The van der Waals surface area contributed by atoms with Gasteiger partial charge >= 0.3 is 0 Å². The zero-order chi connectivity index (χ0) is 23.2. The van der Waals surface area contributed by atoms with Gasteiger partial charge in [-0.1, -0.05) is 60.7 Å². The summed E-state index contributed by atoms with van der Waals surface area (Å²) in [6, 6.07) is 27.8. The second-order valence-corrected chi connectivity index (χ2v) is 8.69. The van der Waals surface area contributed by atoms with Crippen LogP contribution in [0, 0.1) is 5.92 Å². The highest BCUT2D eigenvalue weighted by molar-refractivity contribution is 6.00. The van der Waals surface area contributed by atoms with Gasteiger partial charge in [0, 0.05) is 31.1 Å². The number of benzene rings is 3. The van der Waals surface area contributed by atoms with Crippen LogP contribution in [0.25, 0.3) is 0 Å². The Balaban J connectivity index is 1.40. The van der Waals surface area contributed by atoms with Gasteiger partial charge in [0.25, 0.3) is 0 Å². The summed E-state index contributed by atoms with van der Waals surface area (Å²) >= 11 is 0. The van der Waals surface area contributed by atoms with Crippen molar-refractivity contribution in [1.29, 1.82) is 0 Å². The van der Waals surface area contributed by atoms with Crippen molar-refractivity contribution in [3.05, 3.63) is 96.1 Å². The predicted molar refractivity (Wildman–Crippen MR) is 130 cm³/mol. The summed E-state index contributed by atoms with van der Waals surface area (Å²) in [4.78, 5) is 27.3. The molecule has 170 valence electrons. The van der Waals surface area contributed by atoms with E-state index in [1.54, 1.807) is 4.90 Å². The van der Waals surface area contributed by atoms with E-state index < -0.39 is 0 Å². The summed E-state index contributed by atoms with van der Waals surface area (Å²) < 4.78 is 5.68. The quantitative estimate of drug-likeness (QED) is 0.546. The lowest BCUT2D eigenvalue weighted by Crippen LogP contribution is -2.35. The molecule has 1 fully saturated rings. The molecule has 0 bridgehead atoms. The average molecular weight is 443 g/mol. The maximum Gasteiger partial charge on any atom is 0.227 e. The van der Waals surface area contributed by atoms with Crippen LogP contribution >= 0.6 is 0 Å². The van der Waals surface area contributed by atoms with Crippen molar-refractivity contribution < 1.29 is 14.3 Å². The number of carbonyl (C=O) groups excluding carboxylic acids is 2. The number of ether oxygens (including phenoxy) is 1. The van der Waals surface area contributed by atoms with Crippen molar-refractivity contribution in [3.63, 3.8) is 0 Å². The van der Waals surface area contributed by atoms with Crippen molar-refractivity contribution in [1.82, 2.24) is 5.32 Å². The molecule has 1 saturated heterocycles. The molecule has 4 rings (SSSR count). The van der Waals surface area contributed by atoms with Crippen molar-refractivity contribution in [2.45, 2.75) is 32.3 Å². The first-order valence-electron chi connectivity index (χ1n) is 11.5. The number of amides is 2. The summed E-state index contributed by atoms with van der Waals surface area (Å²) in [5.74, 6) is 0.342. The van der Waals surface area contributed by atoms with Crippen molar-refractivity contribution >= 4 is 17.5 Å². The Bertz CT molecular complexity index is 1030. The van der Waals surface area contributed by atoms with E-state index in [-0.39, 0.29) is 36.2 Å². The first kappa shape index (κ1) is 22.6. The Morgan fingerprint density at radius 1 is 0.939 bits per heavy atom. The second-order valence-electron chi connectivity index (χ2n) is 8.69. The Kier molecular flexibility index (Phi) is 7.08. The summed E-state index contributed by atoms with van der Waals surface area (Å²) in [5, 5.41) is 3.11. The van der Waals surface area contributed by atoms with Crippen LogP contribution in [0.15, 0.2) is 84.9 Å². The lowest BCUT2D eigenvalue weighted by atomic mass is 9.91. The molecule has 2 amide bonds. The maximum absolute atomic E-state index is 13.0. The molecule has 1 atom stereocenters. The lowest BCUT2D eigenvalue weighted by molar-refractivity contribution is -0.126. The van der Waals surface area contributed by atoms with Crippen LogP contribution in [0.1, 0.15) is 37.3 Å². The van der Waals surface area contributed by atoms with Crippen LogP contribution < -0.4 is 15.0 Å². The molecule has 0 saturated carbocycles. The van der Waals surface area contributed by atoms with Crippen LogP contribution in [0.4, 0.5) is 5.69 Å². The third-order valence-electron chi connectivity index (χ3n) is 5.90. The van der Waals surface area contributed by atoms with Crippen molar-refractivity contribution in [2.24, 2.45) is 5.92 Å². The molecule has 1 aliphatic heterocycles. The SMILES string of the molecule is CC(C)Oc1ccc(N2C[C@@H](C(=O)NCC(c3ccccc3)c3ccccc3)CC2=O)cc1. The normalized spacial score (nSPS) is 15.8. The number of anilines is 1. The van der Waals surface area contributed by atoms with Crippen LogP contribution in [0.3, 0.4) is 0 Å². The zero-order valence-electron chi connectivity index (χ0n) is 19.1. The summed E-state index contributed by atoms with van der Waals surface area (Å²) in [6.07, 6.45) is 0.310. The smallest absolute Gasteiger partial charge is 0.227 e. The Labute approximate surface area is 195 Å². The second kappa shape index (κ2) is 10.3. The van der Waals surface area contributed by atoms with Gasteiger partial charge in [-0.25, -0.2) is 0 Å². The lowest BCUT2D eigenvalue weighted by Gasteiger charge is -2.20. The molecule has 0 aliphatic carbocycles. The highest BCUT2D eigenvalue weighted by Crippen LogP contribution is 2.28. The maximum atomic E-state index is 13.0. The number of carbonyl (C=O) groups is 2. The van der Waals surface area contributed by atoms with Crippen LogP contribution in [0.5, 0.6) is 5.75 Å². The number of hydrogen-bond donors (Lipinski definition) is 1. The molecule has 1 heterocycles. The summed E-state index contributed by atoms with van der Waals surface area (Å²) in [5.41, 5.74) is 3.09. The molecular weight excluding hydrogens is 412 g/mol. The molecule has 0 unspecified atom stereocenters. The standard InChI is InChI=1S/C28H30N2O3/c1-20(2)33-25-15-13-24(14-16-25)30-19-23(17-27(30)31)28(32)29-18-26(21-9-5-3-6-10-21)22-11-7-4-8-12-22/h3-16,20,23,26H,17-19H2,1-2H3,(H,29,32)/t23-/m0/s1. The molecule has 1 N–H and O–H groups in total. The third-order valence-corrected chi connectivity index (χ3v) is 5.90. The highest BCUT2D eigenvalue weighted by atomic mass is 16.5. The summed E-state index contributed by atoms with van der Waals surface area (Å²) in [6.45, 7) is 4.82. The minimum atomic E-state index is -0.365. The van der Waals surface area contributed by atoms with E-state index in [0.717, 1.165) is 22.6 Å². The van der Waals surface area contributed by atoms with E-state index in [1.165, 1.54) is 0 Å². The minimum absolute atomic E-state index is 0.0321. The largest absolute Gasteiger partial charge is 0.491 e. The Hall–Kier alpha value is -3.60. The molecule has 33 heavy (non-hydrogen) atoms. The first-order valence-corrected chi connectivity index (χ1v) is 11.5. The van der Waals surface area contributed by atoms with Crippen molar-refractivity contribution in [3.8, 4) is 5.75 Å². The molecular formula is C28H30N2O3. The van der Waals surface area contributed by atoms with Crippen LogP contribution in [0.2, 0.25) is 0 Å². The van der Waals surface area contributed by atoms with Gasteiger partial charge in [-0.05, 0) is 49.2 Å². The number of nitrogens with one attached hydrogen (secondary N) is 1. The highest BCUT2D eigenvalue weighted by Gasteiger charge is 2.35. The first-order chi connectivity index (χ1) is 16.0. The summed E-state index contributed by atoms with van der Waals surface area (Å²) in [7, 11) is 0. The topological polar surface area (TPSA) is 58.6 Å². The third kappa shape index (κ3) is 5.61. The van der Waals surface area contributed by atoms with Crippen LogP contribution in [-0.4, -0.2) is 31.0 Å².